The summed E-state index contributed by atoms with van der Waals surface area (Å²) in [6.07, 6.45) is 4.18. The normalized spacial score (nSPS) is 34.4. The zero-order chi connectivity index (χ0) is 17.3. The minimum atomic E-state index is -0.0406. The number of methoxy groups -OCH3 is 1. The summed E-state index contributed by atoms with van der Waals surface area (Å²) in [6.45, 7) is 3.09. The van der Waals surface area contributed by atoms with Crippen molar-refractivity contribution in [3.8, 4) is 0 Å². The number of rotatable bonds is 1. The molecule has 0 amide bonds. The Kier molecular flexibility index (Phi) is 3.17. The predicted octanol–water partition coefficient (Wildman–Crippen LogP) is 3.22. The van der Waals surface area contributed by atoms with Gasteiger partial charge in [0.1, 0.15) is 0 Å². The van der Waals surface area contributed by atoms with E-state index in [9.17, 15) is 4.79 Å². The molecule has 3 fully saturated rings. The molecule has 1 aromatic carbocycles. The van der Waals surface area contributed by atoms with E-state index in [1.54, 1.807) is 0 Å². The zero-order valence-corrected chi connectivity index (χ0v) is 15.0. The quantitative estimate of drug-likeness (QED) is 0.592. The van der Waals surface area contributed by atoms with Gasteiger partial charge in [-0.15, -0.1) is 0 Å². The van der Waals surface area contributed by atoms with Crippen LogP contribution in [-0.4, -0.2) is 35.1 Å². The Morgan fingerprint density at radius 1 is 1.32 bits per heavy atom. The molecule has 0 spiro atoms. The van der Waals surface area contributed by atoms with Crippen LogP contribution in [0.3, 0.4) is 0 Å². The summed E-state index contributed by atoms with van der Waals surface area (Å²) in [5.41, 5.74) is 5.62. The molecule has 2 aromatic rings. The van der Waals surface area contributed by atoms with Crippen molar-refractivity contribution in [2.24, 2.45) is 18.9 Å². The Bertz CT molecular complexity index is 910. The van der Waals surface area contributed by atoms with Crippen LogP contribution < -0.4 is 0 Å². The molecule has 1 unspecified atom stereocenters. The number of aryl methyl sites for hydroxylation is 1. The number of ether oxygens (including phenoxy) is 1. The first-order chi connectivity index (χ1) is 12.2. The Balaban J connectivity index is 1.71. The standard InChI is InChI=1S/C21H24N2O2/c1-4-12-11-23-17-10-15-13-7-5-6-8-16(13)22(2)20(15)18(23)9-14(12)19(17)21(24)25-3/h4-8,14,17-19H,9-11H2,1-3H3/b12-4-/t14-,17-,18-,19+/m0/s1. The number of carbonyl (C=O) groups excluding carboxylic acids is 1. The minimum absolute atomic E-state index is 0.0340. The van der Waals surface area contributed by atoms with E-state index in [4.69, 9.17) is 4.74 Å². The van der Waals surface area contributed by atoms with Gasteiger partial charge >= 0.3 is 5.97 Å². The second kappa shape index (κ2) is 5.21. The molecule has 3 saturated heterocycles. The smallest absolute Gasteiger partial charge is 0.310 e. The molecule has 4 bridgehead atoms. The summed E-state index contributed by atoms with van der Waals surface area (Å²) in [7, 11) is 3.72. The number of fused-ring (bicyclic) bond motifs is 4. The number of hydrogen-bond acceptors (Lipinski definition) is 3. The Hall–Kier alpha value is -2.07. The number of aromatic nitrogens is 1. The number of para-hydroxylation sites is 1. The molecule has 4 aliphatic heterocycles. The van der Waals surface area contributed by atoms with Crippen molar-refractivity contribution >= 4 is 16.9 Å². The summed E-state index contributed by atoms with van der Waals surface area (Å²) >= 11 is 0. The van der Waals surface area contributed by atoms with Crippen LogP contribution in [0.15, 0.2) is 35.9 Å². The highest BCUT2D eigenvalue weighted by molar-refractivity contribution is 5.86. The molecule has 130 valence electrons. The lowest BCUT2D eigenvalue weighted by Crippen LogP contribution is -2.62. The van der Waals surface area contributed by atoms with Gasteiger partial charge in [0.2, 0.25) is 0 Å². The Morgan fingerprint density at radius 2 is 2.12 bits per heavy atom. The number of carbonyl (C=O) groups is 1. The summed E-state index contributed by atoms with van der Waals surface area (Å²) in [6, 6.07) is 9.35. The number of esters is 1. The number of allylic oxidation sites excluding steroid dienone is 1. The van der Waals surface area contributed by atoms with Crippen molar-refractivity contribution in [2.45, 2.75) is 31.8 Å². The van der Waals surface area contributed by atoms with Crippen LogP contribution in [0.1, 0.15) is 30.6 Å². The van der Waals surface area contributed by atoms with Crippen molar-refractivity contribution in [3.05, 3.63) is 47.2 Å². The monoisotopic (exact) mass is 336 g/mol. The topological polar surface area (TPSA) is 34.5 Å². The van der Waals surface area contributed by atoms with E-state index in [1.807, 2.05) is 0 Å². The predicted molar refractivity (Wildman–Crippen MR) is 97.2 cm³/mol. The maximum absolute atomic E-state index is 12.6. The fourth-order valence-electron chi connectivity index (χ4n) is 5.78. The van der Waals surface area contributed by atoms with Gasteiger partial charge in [-0.2, -0.15) is 0 Å². The van der Waals surface area contributed by atoms with Crippen LogP contribution in [0, 0.1) is 11.8 Å². The van der Waals surface area contributed by atoms with Gasteiger partial charge in [0.15, 0.2) is 0 Å². The lowest BCUT2D eigenvalue weighted by atomic mass is 9.64. The van der Waals surface area contributed by atoms with E-state index in [-0.39, 0.29) is 17.9 Å². The van der Waals surface area contributed by atoms with E-state index in [0.717, 1.165) is 19.4 Å². The molecule has 0 radical (unpaired) electrons. The molecule has 0 N–H and O–H groups in total. The second-order valence-corrected chi connectivity index (χ2v) is 7.65. The van der Waals surface area contributed by atoms with Crippen LogP contribution in [0.5, 0.6) is 0 Å². The molecule has 6 rings (SSSR count). The summed E-state index contributed by atoms with van der Waals surface area (Å²) in [5.74, 6) is 0.248. The van der Waals surface area contributed by atoms with Gasteiger partial charge in [-0.05, 0) is 37.3 Å². The fourth-order valence-corrected chi connectivity index (χ4v) is 5.78. The van der Waals surface area contributed by atoms with Crippen molar-refractivity contribution in [1.82, 2.24) is 9.47 Å². The highest BCUT2D eigenvalue weighted by Gasteiger charge is 2.55. The van der Waals surface area contributed by atoms with Gasteiger partial charge in [0, 0.05) is 36.2 Å². The molecule has 0 saturated carbocycles. The summed E-state index contributed by atoms with van der Waals surface area (Å²) in [5, 5.41) is 1.35. The van der Waals surface area contributed by atoms with E-state index < -0.39 is 0 Å². The van der Waals surface area contributed by atoms with E-state index in [2.05, 4.69) is 53.8 Å². The lowest BCUT2D eigenvalue weighted by Gasteiger charge is -2.57. The average Bonchev–Trinajstić information content (AvgIpc) is 2.93. The van der Waals surface area contributed by atoms with Crippen molar-refractivity contribution in [3.63, 3.8) is 0 Å². The first kappa shape index (κ1) is 15.2. The van der Waals surface area contributed by atoms with E-state index >= 15 is 0 Å². The van der Waals surface area contributed by atoms with E-state index in [0.29, 0.717) is 12.0 Å². The van der Waals surface area contributed by atoms with Crippen LogP contribution in [0.4, 0.5) is 0 Å². The highest BCUT2D eigenvalue weighted by Crippen LogP contribution is 2.54. The molecule has 5 atom stereocenters. The van der Waals surface area contributed by atoms with E-state index in [1.165, 1.54) is 34.8 Å². The largest absolute Gasteiger partial charge is 0.469 e. The number of piperidine rings is 3. The molecule has 4 nitrogen and oxygen atoms in total. The van der Waals surface area contributed by atoms with Gasteiger partial charge in [0.25, 0.3) is 0 Å². The van der Waals surface area contributed by atoms with Crippen molar-refractivity contribution in [1.29, 1.82) is 0 Å². The molecule has 25 heavy (non-hydrogen) atoms. The van der Waals surface area contributed by atoms with Crippen LogP contribution >= 0.6 is 0 Å². The third-order valence-electron chi connectivity index (χ3n) is 6.83. The molecular formula is C21H24N2O2. The molecule has 4 heteroatoms. The number of hydrogen-bond donors (Lipinski definition) is 0. The first-order valence-corrected chi connectivity index (χ1v) is 9.20. The Morgan fingerprint density at radius 3 is 2.88 bits per heavy atom. The fraction of sp³-hybridized carbons (Fsp3) is 0.476. The third-order valence-corrected chi connectivity index (χ3v) is 6.83. The first-order valence-electron chi connectivity index (χ1n) is 9.20. The van der Waals surface area contributed by atoms with Gasteiger partial charge in [-0.3, -0.25) is 9.69 Å². The molecular weight excluding hydrogens is 312 g/mol. The van der Waals surface area contributed by atoms with Crippen LogP contribution in [0.2, 0.25) is 0 Å². The molecule has 0 aliphatic carbocycles. The zero-order valence-electron chi connectivity index (χ0n) is 15.0. The van der Waals surface area contributed by atoms with Crippen molar-refractivity contribution < 1.29 is 9.53 Å². The van der Waals surface area contributed by atoms with Crippen LogP contribution in [-0.2, 0) is 23.0 Å². The summed E-state index contributed by atoms with van der Waals surface area (Å²) < 4.78 is 7.59. The third kappa shape index (κ3) is 1.83. The van der Waals surface area contributed by atoms with Gasteiger partial charge in [0.05, 0.1) is 19.1 Å². The second-order valence-electron chi connectivity index (χ2n) is 7.65. The molecule has 4 aliphatic rings. The van der Waals surface area contributed by atoms with Gasteiger partial charge in [-0.25, -0.2) is 0 Å². The lowest BCUT2D eigenvalue weighted by molar-refractivity contribution is -0.157. The maximum atomic E-state index is 12.6. The molecule has 5 heterocycles. The Labute approximate surface area is 148 Å². The maximum Gasteiger partial charge on any atom is 0.310 e. The number of nitrogens with zero attached hydrogens (tertiary/aromatic N) is 2. The SMILES string of the molecule is C/C=C1/CN2[C@H]3C[C@@H]1[C@@H](C(=O)OC)[C@@H]2Cc1c3n(C)c2ccccc12. The van der Waals surface area contributed by atoms with Gasteiger partial charge in [-0.1, -0.05) is 29.8 Å². The highest BCUT2D eigenvalue weighted by atomic mass is 16.5. The van der Waals surface area contributed by atoms with Crippen LogP contribution in [0.25, 0.3) is 10.9 Å². The molecule has 1 aromatic heterocycles. The average molecular weight is 336 g/mol. The number of benzene rings is 1. The van der Waals surface area contributed by atoms with Crippen molar-refractivity contribution in [2.75, 3.05) is 13.7 Å². The van der Waals surface area contributed by atoms with Gasteiger partial charge < -0.3 is 9.30 Å². The minimum Gasteiger partial charge on any atom is -0.469 e. The summed E-state index contributed by atoms with van der Waals surface area (Å²) in [4.78, 5) is 15.2.